The lowest BCUT2D eigenvalue weighted by Crippen LogP contribution is -2.40. The summed E-state index contributed by atoms with van der Waals surface area (Å²) in [7, 11) is 0. The third-order valence-electron chi connectivity index (χ3n) is 2.40. The van der Waals surface area contributed by atoms with E-state index in [1.54, 1.807) is 18.2 Å². The molecule has 2 rings (SSSR count). The molecule has 8 heteroatoms. The number of amides is 3. The fourth-order valence-electron chi connectivity index (χ4n) is 1.45. The van der Waals surface area contributed by atoms with E-state index in [1.165, 1.54) is 17.5 Å². The number of thiophene rings is 1. The standard InChI is InChI=1S/C13H13N3O3S2/c17-11(9-21-12-5-1-2-6-16(12)19)15-13(18)14-8-10-4-3-7-20-10/h1-7H,8-9H2,(H2,14,15,17,18). The summed E-state index contributed by atoms with van der Waals surface area (Å²) in [6.07, 6.45) is 1.36. The zero-order valence-electron chi connectivity index (χ0n) is 10.9. The Labute approximate surface area is 129 Å². The number of carbonyl (C=O) groups excluding carboxylic acids is 2. The van der Waals surface area contributed by atoms with Crippen molar-refractivity contribution < 1.29 is 14.3 Å². The predicted octanol–water partition coefficient (Wildman–Crippen LogP) is 1.50. The van der Waals surface area contributed by atoms with Crippen LogP contribution in [0.25, 0.3) is 0 Å². The Morgan fingerprint density at radius 2 is 2.14 bits per heavy atom. The van der Waals surface area contributed by atoms with Crippen LogP contribution in [0.4, 0.5) is 4.79 Å². The molecule has 3 amide bonds. The highest BCUT2D eigenvalue weighted by Gasteiger charge is 2.11. The summed E-state index contributed by atoms with van der Waals surface area (Å²) in [6.45, 7) is 0.378. The number of urea groups is 1. The summed E-state index contributed by atoms with van der Waals surface area (Å²) in [5.74, 6) is -0.453. The minimum absolute atomic E-state index is 0.00131. The molecule has 0 radical (unpaired) electrons. The number of aromatic nitrogens is 1. The van der Waals surface area contributed by atoms with Crippen molar-refractivity contribution in [3.8, 4) is 0 Å². The number of hydrogen-bond acceptors (Lipinski definition) is 5. The molecule has 0 aromatic carbocycles. The molecular formula is C13H13N3O3S2. The van der Waals surface area contributed by atoms with Gasteiger partial charge in [-0.3, -0.25) is 10.1 Å². The highest BCUT2D eigenvalue weighted by atomic mass is 32.2. The summed E-state index contributed by atoms with van der Waals surface area (Å²) >= 11 is 2.60. The fraction of sp³-hybridized carbons (Fsp3) is 0.154. The van der Waals surface area contributed by atoms with Gasteiger partial charge in [-0.2, -0.15) is 4.73 Å². The van der Waals surface area contributed by atoms with E-state index in [0.717, 1.165) is 16.6 Å². The van der Waals surface area contributed by atoms with E-state index >= 15 is 0 Å². The van der Waals surface area contributed by atoms with Crippen molar-refractivity contribution in [3.05, 3.63) is 52.0 Å². The molecule has 2 aromatic rings. The second-order valence-electron chi connectivity index (χ2n) is 3.96. The van der Waals surface area contributed by atoms with Gasteiger partial charge in [-0.15, -0.1) is 11.3 Å². The average Bonchev–Trinajstić information content (AvgIpc) is 2.97. The van der Waals surface area contributed by atoms with Crippen LogP contribution in [0.3, 0.4) is 0 Å². The predicted molar refractivity (Wildman–Crippen MR) is 80.8 cm³/mol. The molecule has 0 fully saturated rings. The van der Waals surface area contributed by atoms with E-state index in [1.807, 2.05) is 17.5 Å². The maximum atomic E-state index is 11.6. The van der Waals surface area contributed by atoms with E-state index in [4.69, 9.17) is 0 Å². The third kappa shape index (κ3) is 5.09. The second kappa shape index (κ2) is 7.65. The number of carbonyl (C=O) groups is 2. The number of nitrogens with one attached hydrogen (secondary N) is 2. The number of pyridine rings is 1. The molecule has 0 saturated heterocycles. The van der Waals surface area contributed by atoms with Crippen LogP contribution in [0, 0.1) is 5.21 Å². The fourth-order valence-corrected chi connectivity index (χ4v) is 2.81. The first-order chi connectivity index (χ1) is 10.1. The van der Waals surface area contributed by atoms with Gasteiger partial charge in [0.2, 0.25) is 5.91 Å². The first-order valence-corrected chi connectivity index (χ1v) is 7.93. The lowest BCUT2D eigenvalue weighted by Gasteiger charge is -2.06. The maximum Gasteiger partial charge on any atom is 0.321 e. The van der Waals surface area contributed by atoms with Crippen LogP contribution < -0.4 is 15.4 Å². The zero-order valence-corrected chi connectivity index (χ0v) is 12.6. The van der Waals surface area contributed by atoms with E-state index in [-0.39, 0.29) is 5.75 Å². The van der Waals surface area contributed by atoms with Crippen molar-refractivity contribution in [1.29, 1.82) is 0 Å². The summed E-state index contributed by atoms with van der Waals surface area (Å²) in [6, 6.07) is 8.17. The molecule has 0 aliphatic carbocycles. The van der Waals surface area contributed by atoms with E-state index in [0.29, 0.717) is 16.3 Å². The molecule has 0 aliphatic rings. The smallest absolute Gasteiger partial charge is 0.321 e. The van der Waals surface area contributed by atoms with Crippen molar-refractivity contribution >= 4 is 35.0 Å². The molecule has 0 aliphatic heterocycles. The van der Waals surface area contributed by atoms with Gasteiger partial charge in [0.25, 0.3) is 5.03 Å². The molecule has 0 atom stereocenters. The third-order valence-corrected chi connectivity index (χ3v) is 4.29. The molecule has 2 heterocycles. The number of nitrogens with zero attached hydrogens (tertiary/aromatic N) is 1. The topological polar surface area (TPSA) is 85.1 Å². The normalized spacial score (nSPS) is 10.1. The molecule has 0 spiro atoms. The summed E-state index contributed by atoms with van der Waals surface area (Å²) < 4.78 is 0.675. The van der Waals surface area contributed by atoms with Crippen LogP contribution in [0.1, 0.15) is 4.88 Å². The molecule has 6 nitrogen and oxygen atoms in total. The first kappa shape index (κ1) is 15.3. The van der Waals surface area contributed by atoms with Crippen molar-refractivity contribution in [2.75, 3.05) is 5.75 Å². The number of hydrogen-bond donors (Lipinski definition) is 2. The Morgan fingerprint density at radius 3 is 2.86 bits per heavy atom. The van der Waals surface area contributed by atoms with Crippen LogP contribution in [0.5, 0.6) is 0 Å². The van der Waals surface area contributed by atoms with Gasteiger partial charge in [-0.05, 0) is 29.3 Å². The largest absolute Gasteiger partial charge is 0.618 e. The SMILES string of the molecule is O=C(CSc1cccc[n+]1[O-])NC(=O)NCc1cccs1. The zero-order chi connectivity index (χ0) is 15.1. The summed E-state index contributed by atoms with van der Waals surface area (Å²) in [5.41, 5.74) is 0. The number of thioether (sulfide) groups is 1. The lowest BCUT2D eigenvalue weighted by atomic mass is 10.5. The van der Waals surface area contributed by atoms with Crippen molar-refractivity contribution in [2.24, 2.45) is 0 Å². The van der Waals surface area contributed by atoms with Crippen molar-refractivity contribution in [1.82, 2.24) is 10.6 Å². The molecule has 0 unspecified atom stereocenters. The Morgan fingerprint density at radius 1 is 1.29 bits per heavy atom. The van der Waals surface area contributed by atoms with E-state index < -0.39 is 11.9 Å². The van der Waals surface area contributed by atoms with Gasteiger partial charge in [0.1, 0.15) is 0 Å². The monoisotopic (exact) mass is 323 g/mol. The van der Waals surface area contributed by atoms with Crippen LogP contribution in [0.15, 0.2) is 46.9 Å². The summed E-state index contributed by atoms with van der Waals surface area (Å²) in [4.78, 5) is 24.1. The summed E-state index contributed by atoms with van der Waals surface area (Å²) in [5, 5.41) is 18.5. The molecule has 110 valence electrons. The molecule has 2 N–H and O–H groups in total. The van der Waals surface area contributed by atoms with E-state index in [9.17, 15) is 14.8 Å². The van der Waals surface area contributed by atoms with Gasteiger partial charge in [0.15, 0.2) is 6.20 Å². The lowest BCUT2D eigenvalue weighted by molar-refractivity contribution is -0.645. The van der Waals surface area contributed by atoms with Crippen molar-refractivity contribution in [3.63, 3.8) is 0 Å². The molecular weight excluding hydrogens is 310 g/mol. The van der Waals surface area contributed by atoms with Crippen LogP contribution in [-0.2, 0) is 11.3 Å². The van der Waals surface area contributed by atoms with Gasteiger partial charge in [0.05, 0.1) is 12.3 Å². The highest BCUT2D eigenvalue weighted by Crippen LogP contribution is 2.11. The van der Waals surface area contributed by atoms with Gasteiger partial charge < -0.3 is 10.5 Å². The number of imide groups is 1. The van der Waals surface area contributed by atoms with Gasteiger partial charge in [-0.25, -0.2) is 4.79 Å². The Bertz CT molecular complexity index is 617. The minimum atomic E-state index is -0.544. The molecule has 0 bridgehead atoms. The minimum Gasteiger partial charge on any atom is -0.618 e. The molecule has 21 heavy (non-hydrogen) atoms. The second-order valence-corrected chi connectivity index (χ2v) is 5.99. The Kier molecular flexibility index (Phi) is 5.59. The Hall–Kier alpha value is -2.06. The van der Waals surface area contributed by atoms with Crippen LogP contribution >= 0.6 is 23.1 Å². The molecule has 0 saturated carbocycles. The quantitative estimate of drug-likeness (QED) is 0.496. The Balaban J connectivity index is 1.71. The average molecular weight is 323 g/mol. The van der Waals surface area contributed by atoms with Gasteiger partial charge in [0, 0.05) is 17.0 Å². The number of rotatable bonds is 5. The van der Waals surface area contributed by atoms with Gasteiger partial charge in [-0.1, -0.05) is 6.07 Å². The molecule has 2 aromatic heterocycles. The van der Waals surface area contributed by atoms with Crippen LogP contribution in [-0.4, -0.2) is 17.7 Å². The van der Waals surface area contributed by atoms with Crippen molar-refractivity contribution in [2.45, 2.75) is 11.6 Å². The van der Waals surface area contributed by atoms with Crippen LogP contribution in [0.2, 0.25) is 0 Å². The highest BCUT2D eigenvalue weighted by molar-refractivity contribution is 7.99. The maximum absolute atomic E-state index is 11.6. The van der Waals surface area contributed by atoms with E-state index in [2.05, 4.69) is 10.6 Å². The van der Waals surface area contributed by atoms with Gasteiger partial charge >= 0.3 is 6.03 Å². The first-order valence-electron chi connectivity index (χ1n) is 6.06.